The lowest BCUT2D eigenvalue weighted by Crippen LogP contribution is -2.53. The van der Waals surface area contributed by atoms with Crippen LogP contribution in [0.2, 0.25) is 0 Å². The summed E-state index contributed by atoms with van der Waals surface area (Å²) >= 11 is 0. The standard InChI is InChI=1S/C24H28FN7O3S/c1-3-5-12-35-21-15-27-20(14-28-21)22(33)30-17-8-9-19(25)18(13-17)24(4-2)16-36(34)29-10-6-7-11-32(36)23(26)31-24/h8-9,13-15H,4,6-7,10-12,16H2,1-2H3,(H2,26,31)(H,30,33)/t24-,36?/m0/s1. The van der Waals surface area contributed by atoms with Crippen molar-refractivity contribution < 1.29 is 18.1 Å². The van der Waals surface area contributed by atoms with E-state index in [-0.39, 0.29) is 35.5 Å². The molecule has 0 spiro atoms. The number of anilines is 1. The van der Waals surface area contributed by atoms with Gasteiger partial charge in [0.1, 0.15) is 27.0 Å². The number of nitrogens with two attached hydrogens (primary N) is 1. The van der Waals surface area contributed by atoms with E-state index < -0.39 is 27.2 Å². The quantitative estimate of drug-likeness (QED) is 0.570. The number of carbonyl (C=O) groups is 1. The first kappa shape index (κ1) is 25.4. The van der Waals surface area contributed by atoms with Crippen molar-refractivity contribution in [2.45, 2.75) is 38.6 Å². The highest BCUT2D eigenvalue weighted by Gasteiger charge is 2.44. The predicted octanol–water partition coefficient (Wildman–Crippen LogP) is 2.68. The van der Waals surface area contributed by atoms with E-state index in [2.05, 4.69) is 36.5 Å². The van der Waals surface area contributed by atoms with E-state index in [9.17, 15) is 9.00 Å². The normalized spacial score (nSPS) is 23.2. The van der Waals surface area contributed by atoms with Crippen LogP contribution in [0.25, 0.3) is 0 Å². The number of hydrogen-bond acceptors (Lipinski definition) is 8. The van der Waals surface area contributed by atoms with E-state index >= 15 is 4.39 Å². The number of nitrogens with one attached hydrogen (secondary N) is 1. The largest absolute Gasteiger partial charge is 0.463 e. The highest BCUT2D eigenvalue weighted by atomic mass is 32.2. The van der Waals surface area contributed by atoms with Gasteiger partial charge in [-0.2, -0.15) is 0 Å². The summed E-state index contributed by atoms with van der Waals surface area (Å²) in [6, 6.07) is 4.18. The summed E-state index contributed by atoms with van der Waals surface area (Å²) in [7, 11) is -2.88. The zero-order chi connectivity index (χ0) is 25.8. The summed E-state index contributed by atoms with van der Waals surface area (Å²) in [6.45, 7) is 4.65. The van der Waals surface area contributed by atoms with Crippen molar-refractivity contribution in [2.24, 2.45) is 15.1 Å². The molecule has 4 rings (SSSR count). The Bertz CT molecular complexity index is 1360. The monoisotopic (exact) mass is 513 g/mol. The topological polar surface area (TPSA) is 135 Å². The Labute approximate surface area is 209 Å². The molecule has 1 amide bonds. The molecule has 12 heteroatoms. The van der Waals surface area contributed by atoms with E-state index in [4.69, 9.17) is 10.5 Å². The third-order valence-electron chi connectivity index (χ3n) is 6.06. The average Bonchev–Trinajstić information content (AvgIpc) is 3.07. The number of rotatable bonds is 6. The van der Waals surface area contributed by atoms with Crippen LogP contribution in [0.4, 0.5) is 10.1 Å². The number of benzene rings is 1. The number of halogens is 1. The van der Waals surface area contributed by atoms with Gasteiger partial charge in [0, 0.05) is 17.8 Å². The van der Waals surface area contributed by atoms with Gasteiger partial charge < -0.3 is 15.8 Å². The molecule has 3 heterocycles. The lowest BCUT2D eigenvalue weighted by atomic mass is 9.88. The van der Waals surface area contributed by atoms with Crippen molar-refractivity contribution in [3.8, 4) is 17.7 Å². The van der Waals surface area contributed by atoms with Gasteiger partial charge >= 0.3 is 0 Å². The van der Waals surface area contributed by atoms with E-state index in [1.807, 2.05) is 6.92 Å². The number of aromatic nitrogens is 2. The zero-order valence-corrected chi connectivity index (χ0v) is 21.0. The van der Waals surface area contributed by atoms with E-state index in [1.54, 1.807) is 11.2 Å². The number of aliphatic imine (C=N–C) groups is 1. The van der Waals surface area contributed by atoms with Gasteiger partial charge in [0.05, 0.1) is 24.7 Å². The summed E-state index contributed by atoms with van der Waals surface area (Å²) in [5, 5.41) is 2.71. The van der Waals surface area contributed by atoms with E-state index in [0.717, 1.165) is 12.8 Å². The molecular formula is C24H28FN7O3S. The fraction of sp³-hybridized carbons (Fsp3) is 0.417. The lowest BCUT2D eigenvalue weighted by molar-refractivity contribution is 0.102. The van der Waals surface area contributed by atoms with Crippen LogP contribution in [-0.4, -0.2) is 55.8 Å². The molecular weight excluding hydrogens is 485 g/mol. The summed E-state index contributed by atoms with van der Waals surface area (Å²) < 4.78 is 40.3. The van der Waals surface area contributed by atoms with Crippen LogP contribution < -0.4 is 15.8 Å². The second kappa shape index (κ2) is 10.5. The Morgan fingerprint density at radius 2 is 2.17 bits per heavy atom. The van der Waals surface area contributed by atoms with Crippen LogP contribution in [0, 0.1) is 17.7 Å². The van der Waals surface area contributed by atoms with E-state index in [0.29, 0.717) is 25.2 Å². The minimum atomic E-state index is -2.88. The van der Waals surface area contributed by atoms with Crippen molar-refractivity contribution in [1.29, 1.82) is 0 Å². The van der Waals surface area contributed by atoms with Crippen LogP contribution in [-0.2, 0) is 15.5 Å². The van der Waals surface area contributed by atoms with Crippen LogP contribution in [0.3, 0.4) is 0 Å². The molecule has 3 N–H and O–H groups in total. The molecule has 190 valence electrons. The number of hydrogen-bond donors (Lipinski definition) is 2. The molecule has 1 aromatic carbocycles. The first-order valence-electron chi connectivity index (χ1n) is 11.6. The SMILES string of the molecule is CC#CCOc1cnc(C(=O)Nc2ccc(F)c([C@]3(CC)CS4(=O)=NCCCCN4C(N)=N3)c2)cn1. The third-order valence-corrected chi connectivity index (χ3v) is 8.56. The van der Waals surface area contributed by atoms with Crippen molar-refractivity contribution in [3.05, 3.63) is 47.7 Å². The maximum Gasteiger partial charge on any atom is 0.275 e. The molecule has 2 aliphatic rings. The number of guanidine groups is 1. The molecule has 0 bridgehead atoms. The van der Waals surface area contributed by atoms with Gasteiger partial charge in [-0.3, -0.25) is 9.10 Å². The first-order chi connectivity index (χ1) is 17.3. The Morgan fingerprint density at radius 3 is 2.89 bits per heavy atom. The average molecular weight is 514 g/mol. The number of carbonyl (C=O) groups excluding carboxylic acids is 1. The van der Waals surface area contributed by atoms with Gasteiger partial charge in [-0.1, -0.05) is 12.8 Å². The van der Waals surface area contributed by atoms with Gasteiger partial charge in [0.25, 0.3) is 5.91 Å². The zero-order valence-electron chi connectivity index (χ0n) is 20.2. The molecule has 0 saturated heterocycles. The second-order valence-electron chi connectivity index (χ2n) is 8.37. The minimum Gasteiger partial charge on any atom is -0.463 e. The maximum absolute atomic E-state index is 15.2. The minimum absolute atomic E-state index is 0.0147. The van der Waals surface area contributed by atoms with Crippen LogP contribution >= 0.6 is 0 Å². The first-order valence-corrected chi connectivity index (χ1v) is 13.2. The molecule has 2 aromatic rings. The Balaban J connectivity index is 1.61. The van der Waals surface area contributed by atoms with Gasteiger partial charge in [-0.15, -0.1) is 5.92 Å². The molecule has 0 saturated carbocycles. The number of amides is 1. The third kappa shape index (κ3) is 5.11. The predicted molar refractivity (Wildman–Crippen MR) is 135 cm³/mol. The fourth-order valence-electron chi connectivity index (χ4n) is 4.14. The lowest BCUT2D eigenvalue weighted by Gasteiger charge is -2.40. The van der Waals surface area contributed by atoms with Crippen LogP contribution in [0.15, 0.2) is 39.9 Å². The number of nitrogens with zero attached hydrogens (tertiary/aromatic N) is 5. The molecule has 2 atom stereocenters. The molecule has 1 aromatic heterocycles. The highest BCUT2D eigenvalue weighted by Crippen LogP contribution is 2.39. The molecule has 2 aliphatic heterocycles. The summed E-state index contributed by atoms with van der Waals surface area (Å²) in [4.78, 5) is 25.5. The van der Waals surface area contributed by atoms with Crippen molar-refractivity contribution in [2.75, 3.05) is 30.8 Å². The second-order valence-corrected chi connectivity index (χ2v) is 10.6. The van der Waals surface area contributed by atoms with Crippen LogP contribution in [0.1, 0.15) is 49.2 Å². The number of fused-ring (bicyclic) bond motifs is 1. The van der Waals surface area contributed by atoms with Gasteiger partial charge in [-0.05, 0) is 44.4 Å². The molecule has 36 heavy (non-hydrogen) atoms. The molecule has 10 nitrogen and oxygen atoms in total. The Hall–Kier alpha value is -3.72. The van der Waals surface area contributed by atoms with Crippen molar-refractivity contribution >= 4 is 27.5 Å². The van der Waals surface area contributed by atoms with E-state index in [1.165, 1.54) is 30.6 Å². The van der Waals surface area contributed by atoms with Gasteiger partial charge in [-0.25, -0.2) is 27.9 Å². The fourth-order valence-corrected chi connectivity index (χ4v) is 6.74. The van der Waals surface area contributed by atoms with Gasteiger partial charge in [0.2, 0.25) is 11.8 Å². The molecule has 0 radical (unpaired) electrons. The van der Waals surface area contributed by atoms with Crippen LogP contribution in [0.5, 0.6) is 5.88 Å². The summed E-state index contributed by atoms with van der Waals surface area (Å²) in [5.41, 5.74) is 5.63. The maximum atomic E-state index is 15.2. The summed E-state index contributed by atoms with van der Waals surface area (Å²) in [5.74, 6) is 4.72. The molecule has 0 fully saturated rings. The smallest absolute Gasteiger partial charge is 0.275 e. The van der Waals surface area contributed by atoms with Crippen molar-refractivity contribution in [3.63, 3.8) is 0 Å². The highest BCUT2D eigenvalue weighted by molar-refractivity contribution is 7.92. The van der Waals surface area contributed by atoms with Gasteiger partial charge in [0.15, 0.2) is 6.61 Å². The Morgan fingerprint density at radius 1 is 1.33 bits per heavy atom. The van der Waals surface area contributed by atoms with Crippen molar-refractivity contribution in [1.82, 2.24) is 14.3 Å². The Kier molecular flexibility index (Phi) is 7.40. The number of ether oxygens (including phenoxy) is 1. The molecule has 1 unspecified atom stereocenters. The summed E-state index contributed by atoms with van der Waals surface area (Å²) in [6.07, 6.45) is 4.55. The molecule has 0 aliphatic carbocycles.